The van der Waals surface area contributed by atoms with Crippen molar-refractivity contribution in [3.63, 3.8) is 0 Å². The fraction of sp³-hybridized carbons (Fsp3) is 0.471. The largest absolute Gasteiger partial charge is 0.481 e. The fourth-order valence-electron chi connectivity index (χ4n) is 3.33. The van der Waals surface area contributed by atoms with Gasteiger partial charge in [0.25, 0.3) is 0 Å². The monoisotopic (exact) mass is 366 g/mol. The van der Waals surface area contributed by atoms with Gasteiger partial charge in [-0.3, -0.25) is 14.4 Å². The van der Waals surface area contributed by atoms with Gasteiger partial charge in [0, 0.05) is 17.4 Å². The summed E-state index contributed by atoms with van der Waals surface area (Å²) in [6, 6.07) is 4.98. The molecule has 2 fully saturated rings. The normalized spacial score (nSPS) is 25.8. The van der Waals surface area contributed by atoms with Crippen LogP contribution in [0, 0.1) is 17.7 Å². The van der Waals surface area contributed by atoms with Crippen molar-refractivity contribution in [2.45, 2.75) is 25.3 Å². The van der Waals surface area contributed by atoms with Crippen molar-refractivity contribution in [2.24, 2.45) is 11.8 Å². The average molecular weight is 366 g/mol. The lowest BCUT2D eigenvalue weighted by Gasteiger charge is -2.25. The van der Waals surface area contributed by atoms with Gasteiger partial charge in [-0.1, -0.05) is 6.07 Å². The summed E-state index contributed by atoms with van der Waals surface area (Å²) in [7, 11) is 0. The number of anilines is 1. The number of carboxylic acid groups (broad SMARTS) is 1. The van der Waals surface area contributed by atoms with Crippen LogP contribution in [-0.2, 0) is 14.4 Å². The van der Waals surface area contributed by atoms with Crippen molar-refractivity contribution in [3.8, 4) is 0 Å². The Bertz CT molecular complexity index is 699. The number of nitrogens with zero attached hydrogens (tertiary/aromatic N) is 1. The maximum atomic E-state index is 13.2. The number of carbonyl (C=O) groups is 3. The zero-order chi connectivity index (χ0) is 18.0. The van der Waals surface area contributed by atoms with E-state index in [0.29, 0.717) is 36.6 Å². The van der Waals surface area contributed by atoms with Crippen molar-refractivity contribution in [1.82, 2.24) is 4.90 Å². The van der Waals surface area contributed by atoms with Crippen LogP contribution in [0.25, 0.3) is 0 Å². The summed E-state index contributed by atoms with van der Waals surface area (Å²) in [5, 5.41) is 11.7. The molecule has 1 unspecified atom stereocenters. The number of amides is 2. The van der Waals surface area contributed by atoms with Crippen molar-refractivity contribution in [1.29, 1.82) is 0 Å². The van der Waals surface area contributed by atoms with E-state index in [4.69, 9.17) is 5.11 Å². The average Bonchev–Trinajstić information content (AvgIpc) is 3.24. The number of thioether (sulfide) groups is 1. The first-order chi connectivity index (χ1) is 12.0. The molecule has 2 amide bonds. The number of benzene rings is 1. The molecule has 1 saturated heterocycles. The van der Waals surface area contributed by atoms with Gasteiger partial charge in [-0.05, 0) is 37.5 Å². The zero-order valence-corrected chi connectivity index (χ0v) is 14.3. The van der Waals surface area contributed by atoms with Crippen LogP contribution in [0.5, 0.6) is 0 Å². The highest BCUT2D eigenvalue weighted by Gasteiger charge is 2.41. The molecule has 3 atom stereocenters. The highest BCUT2D eigenvalue weighted by molar-refractivity contribution is 7.99. The van der Waals surface area contributed by atoms with E-state index in [1.54, 1.807) is 6.07 Å². The van der Waals surface area contributed by atoms with Crippen LogP contribution < -0.4 is 5.32 Å². The summed E-state index contributed by atoms with van der Waals surface area (Å²) in [5.74, 6) is -1.77. The standard InChI is InChI=1S/C17H19FN2O4S/c18-12-2-1-3-13(7-12)19-15(21)14-8-25-9-20(14)16(22)10-4-5-11(6-10)17(23)24/h1-3,7,10-11,14H,4-6,8-9H2,(H,19,21)(H,23,24)/t10-,11+,14?/m0/s1. The van der Waals surface area contributed by atoms with Crippen LogP contribution >= 0.6 is 11.8 Å². The van der Waals surface area contributed by atoms with Crippen LogP contribution in [0.1, 0.15) is 19.3 Å². The number of halogens is 1. The number of nitrogens with one attached hydrogen (secondary N) is 1. The maximum Gasteiger partial charge on any atom is 0.306 e. The van der Waals surface area contributed by atoms with E-state index in [0.717, 1.165) is 0 Å². The second-order valence-corrected chi connectivity index (χ2v) is 7.37. The Morgan fingerprint density at radius 3 is 2.68 bits per heavy atom. The van der Waals surface area contributed by atoms with Gasteiger partial charge in [0.2, 0.25) is 11.8 Å². The van der Waals surface area contributed by atoms with Gasteiger partial charge in [-0.2, -0.15) is 0 Å². The Kier molecular flexibility index (Phi) is 5.27. The van der Waals surface area contributed by atoms with Crippen molar-refractivity contribution < 1.29 is 23.9 Å². The van der Waals surface area contributed by atoms with Gasteiger partial charge in [-0.15, -0.1) is 11.8 Å². The SMILES string of the molecule is O=C(Nc1cccc(F)c1)C1CSCN1C(=O)[C@H]1CC[C@@H](C(=O)O)C1. The second-order valence-electron chi connectivity index (χ2n) is 6.37. The molecule has 1 aliphatic carbocycles. The quantitative estimate of drug-likeness (QED) is 0.853. The first kappa shape index (κ1) is 17.7. The number of carbonyl (C=O) groups excluding carboxylic acids is 2. The van der Waals surface area contributed by atoms with Crippen LogP contribution in [0.15, 0.2) is 24.3 Å². The minimum atomic E-state index is -0.869. The third kappa shape index (κ3) is 3.95. The van der Waals surface area contributed by atoms with Crippen LogP contribution in [0.2, 0.25) is 0 Å². The van der Waals surface area contributed by atoms with Crippen LogP contribution in [-0.4, -0.2) is 45.5 Å². The van der Waals surface area contributed by atoms with E-state index in [9.17, 15) is 18.8 Å². The minimum absolute atomic E-state index is 0.159. The lowest BCUT2D eigenvalue weighted by Crippen LogP contribution is -2.46. The number of hydrogen-bond acceptors (Lipinski definition) is 4. The Morgan fingerprint density at radius 2 is 2.00 bits per heavy atom. The maximum absolute atomic E-state index is 13.2. The van der Waals surface area contributed by atoms with E-state index in [1.807, 2.05) is 0 Å². The fourth-order valence-corrected chi connectivity index (χ4v) is 4.50. The molecule has 2 aliphatic rings. The molecule has 1 aliphatic heterocycles. The highest BCUT2D eigenvalue weighted by Crippen LogP contribution is 2.34. The Labute approximate surface area is 148 Å². The topological polar surface area (TPSA) is 86.7 Å². The molecule has 0 radical (unpaired) electrons. The summed E-state index contributed by atoms with van der Waals surface area (Å²) in [6.07, 6.45) is 1.36. The number of aliphatic carboxylic acids is 1. The predicted molar refractivity (Wildman–Crippen MR) is 91.5 cm³/mol. The molecular formula is C17H19FN2O4S. The second kappa shape index (κ2) is 7.43. The van der Waals surface area contributed by atoms with E-state index in [2.05, 4.69) is 5.32 Å². The molecule has 1 aromatic rings. The molecule has 6 nitrogen and oxygen atoms in total. The number of hydrogen-bond donors (Lipinski definition) is 2. The summed E-state index contributed by atoms with van der Waals surface area (Å²) in [6.45, 7) is 0. The van der Waals surface area contributed by atoms with Crippen LogP contribution in [0.4, 0.5) is 10.1 Å². The zero-order valence-electron chi connectivity index (χ0n) is 13.5. The van der Waals surface area contributed by atoms with E-state index in [1.165, 1.54) is 34.9 Å². The molecule has 8 heteroatoms. The Morgan fingerprint density at radius 1 is 1.24 bits per heavy atom. The van der Waals surface area contributed by atoms with Gasteiger partial charge in [0.05, 0.1) is 11.8 Å². The van der Waals surface area contributed by atoms with Crippen molar-refractivity contribution >= 4 is 35.2 Å². The Balaban J connectivity index is 1.65. The molecular weight excluding hydrogens is 347 g/mol. The number of rotatable bonds is 4. The molecule has 0 aromatic heterocycles. The minimum Gasteiger partial charge on any atom is -0.481 e. The lowest BCUT2D eigenvalue weighted by atomic mass is 10.0. The summed E-state index contributed by atoms with van der Waals surface area (Å²) in [4.78, 5) is 37.8. The summed E-state index contributed by atoms with van der Waals surface area (Å²) < 4.78 is 13.2. The highest BCUT2D eigenvalue weighted by atomic mass is 32.2. The van der Waals surface area contributed by atoms with E-state index in [-0.39, 0.29) is 17.7 Å². The van der Waals surface area contributed by atoms with Crippen molar-refractivity contribution in [3.05, 3.63) is 30.1 Å². The smallest absolute Gasteiger partial charge is 0.306 e. The third-order valence-electron chi connectivity index (χ3n) is 4.69. The third-order valence-corrected chi connectivity index (χ3v) is 5.70. The Hall–Kier alpha value is -2.09. The van der Waals surface area contributed by atoms with Gasteiger partial charge in [0.15, 0.2) is 0 Å². The first-order valence-electron chi connectivity index (χ1n) is 8.13. The van der Waals surface area contributed by atoms with Gasteiger partial charge < -0.3 is 15.3 Å². The predicted octanol–water partition coefficient (Wildman–Crippen LogP) is 2.17. The molecule has 1 aromatic carbocycles. The lowest BCUT2D eigenvalue weighted by molar-refractivity contribution is -0.142. The summed E-state index contributed by atoms with van der Waals surface area (Å²) in [5.41, 5.74) is 0.348. The van der Waals surface area contributed by atoms with Gasteiger partial charge in [0.1, 0.15) is 11.9 Å². The molecule has 1 saturated carbocycles. The van der Waals surface area contributed by atoms with E-state index < -0.39 is 23.7 Å². The van der Waals surface area contributed by atoms with E-state index >= 15 is 0 Å². The van der Waals surface area contributed by atoms with Crippen molar-refractivity contribution in [2.75, 3.05) is 16.9 Å². The molecule has 0 bridgehead atoms. The molecule has 25 heavy (non-hydrogen) atoms. The van der Waals surface area contributed by atoms with Gasteiger partial charge >= 0.3 is 5.97 Å². The molecule has 134 valence electrons. The number of carboxylic acids is 1. The molecule has 1 heterocycles. The molecule has 3 rings (SSSR count). The molecule has 2 N–H and O–H groups in total. The van der Waals surface area contributed by atoms with Crippen LogP contribution in [0.3, 0.4) is 0 Å². The summed E-state index contributed by atoms with van der Waals surface area (Å²) >= 11 is 1.48. The molecule has 0 spiro atoms. The van der Waals surface area contributed by atoms with Gasteiger partial charge in [-0.25, -0.2) is 4.39 Å². The first-order valence-corrected chi connectivity index (χ1v) is 9.28.